The summed E-state index contributed by atoms with van der Waals surface area (Å²) >= 11 is 0. The van der Waals surface area contributed by atoms with Gasteiger partial charge in [0.1, 0.15) is 5.69 Å². The lowest BCUT2D eigenvalue weighted by Gasteiger charge is -2.30. The van der Waals surface area contributed by atoms with Crippen molar-refractivity contribution in [3.63, 3.8) is 0 Å². The van der Waals surface area contributed by atoms with Gasteiger partial charge < -0.3 is 11.5 Å². The quantitative estimate of drug-likeness (QED) is 0.174. The van der Waals surface area contributed by atoms with Gasteiger partial charge >= 0.3 is 0 Å². The fourth-order valence-electron chi connectivity index (χ4n) is 5.77. The molecule has 216 valence electrons. The minimum absolute atomic E-state index is 0.0223. The van der Waals surface area contributed by atoms with E-state index in [4.69, 9.17) is 11.5 Å². The first kappa shape index (κ1) is 28.8. The maximum Gasteiger partial charge on any atom is 0.243 e. The molecule has 12 nitrogen and oxygen atoms in total. The molecule has 0 aromatic heterocycles. The van der Waals surface area contributed by atoms with E-state index in [1.54, 1.807) is 0 Å². The van der Waals surface area contributed by atoms with E-state index in [9.17, 15) is 26.9 Å². The Labute approximate surface area is 233 Å². The lowest BCUT2D eigenvalue weighted by Crippen LogP contribution is -2.40. The van der Waals surface area contributed by atoms with Gasteiger partial charge in [0.05, 0.1) is 15.5 Å². The van der Waals surface area contributed by atoms with Crippen molar-refractivity contribution in [3.8, 4) is 0 Å². The zero-order valence-corrected chi connectivity index (χ0v) is 23.6. The Balaban J connectivity index is 1.61. The second-order valence-corrected chi connectivity index (χ2v) is 14.4. The van der Waals surface area contributed by atoms with Crippen LogP contribution in [0.4, 0.5) is 11.4 Å². The van der Waals surface area contributed by atoms with Gasteiger partial charge in [-0.15, -0.1) is 4.91 Å². The number of nitroso groups, excluding NO2 is 1. The Hall–Kier alpha value is -2.72. The summed E-state index contributed by atoms with van der Waals surface area (Å²) in [5.41, 5.74) is 13.7. The highest BCUT2D eigenvalue weighted by molar-refractivity contribution is 7.89. The fourth-order valence-corrected chi connectivity index (χ4v) is 8.77. The second kappa shape index (κ2) is 11.3. The Bertz CT molecular complexity index is 1530. The number of sulfonamides is 2. The summed E-state index contributed by atoms with van der Waals surface area (Å²) in [5, 5.41) is 14.3. The van der Waals surface area contributed by atoms with E-state index >= 15 is 0 Å². The van der Waals surface area contributed by atoms with Gasteiger partial charge in [-0.05, 0) is 80.1 Å². The number of hydrogen-bond acceptors (Lipinski definition) is 10. The minimum Gasteiger partial charge on any atom is -0.330 e. The summed E-state index contributed by atoms with van der Waals surface area (Å²) in [6.07, 6.45) is 2.65. The largest absolute Gasteiger partial charge is 0.330 e. The molecule has 3 aromatic rings. The molecule has 2 heterocycles. The molecule has 0 unspecified atom stereocenters. The first-order valence-corrected chi connectivity index (χ1v) is 16.2. The van der Waals surface area contributed by atoms with E-state index in [1.165, 1.54) is 45.0 Å². The average Bonchev–Trinajstić information content (AvgIpc) is 2.99. The lowest BCUT2D eigenvalue weighted by atomic mass is 9.99. The number of nitrogens with one attached hydrogen (secondary N) is 1. The summed E-state index contributed by atoms with van der Waals surface area (Å²) in [6, 6.07) is 8.59. The Morgan fingerprint density at radius 1 is 0.750 bits per heavy atom. The van der Waals surface area contributed by atoms with Crippen LogP contribution in [-0.2, 0) is 20.0 Å². The van der Waals surface area contributed by atoms with Crippen LogP contribution in [0, 0.1) is 16.7 Å². The molecule has 0 saturated carbocycles. The van der Waals surface area contributed by atoms with Crippen molar-refractivity contribution in [2.45, 2.75) is 35.5 Å². The summed E-state index contributed by atoms with van der Waals surface area (Å²) in [4.78, 5) is 12.2. The van der Waals surface area contributed by atoms with Crippen molar-refractivity contribution in [3.05, 3.63) is 41.3 Å². The molecular weight excluding hydrogens is 556 g/mol. The maximum absolute atomic E-state index is 13.5. The number of hydrogen-bond donors (Lipinski definition) is 4. The first-order chi connectivity index (χ1) is 19.1. The summed E-state index contributed by atoms with van der Waals surface area (Å²) in [7, 11) is -7.76. The molecule has 40 heavy (non-hydrogen) atoms. The van der Waals surface area contributed by atoms with E-state index in [2.05, 4.69) is 10.7 Å². The lowest BCUT2D eigenvalue weighted by molar-refractivity contribution is 0.278. The molecule has 2 fully saturated rings. The van der Waals surface area contributed by atoms with E-state index in [0.717, 1.165) is 0 Å². The summed E-state index contributed by atoms with van der Waals surface area (Å²) < 4.78 is 56.7. The third kappa shape index (κ3) is 4.98. The van der Waals surface area contributed by atoms with Crippen molar-refractivity contribution < 1.29 is 22.0 Å². The molecule has 2 saturated heterocycles. The highest BCUT2D eigenvalue weighted by atomic mass is 32.2. The van der Waals surface area contributed by atoms with Crippen LogP contribution in [0.3, 0.4) is 0 Å². The molecular formula is C26H34N6O6S2. The van der Waals surface area contributed by atoms with E-state index in [-0.39, 0.29) is 43.8 Å². The van der Waals surface area contributed by atoms with Crippen molar-refractivity contribution in [1.82, 2.24) is 8.61 Å². The maximum atomic E-state index is 13.5. The fraction of sp³-hybridized carbons (Fsp3) is 0.462. The summed E-state index contributed by atoms with van der Waals surface area (Å²) in [5.74, 6) is 0.548. The molecule has 0 atom stereocenters. The monoisotopic (exact) mass is 590 g/mol. The van der Waals surface area contributed by atoms with Gasteiger partial charge in [-0.1, -0.05) is 12.1 Å². The van der Waals surface area contributed by atoms with Gasteiger partial charge in [0.15, 0.2) is 0 Å². The number of piperidine rings is 2. The molecule has 14 heteroatoms. The predicted molar refractivity (Wildman–Crippen MR) is 153 cm³/mol. The molecule has 0 aliphatic carbocycles. The van der Waals surface area contributed by atoms with E-state index < -0.39 is 20.0 Å². The SMILES string of the molecule is NCC1CCN(S(=O)(=O)c2ccc3c(NO)c4ccc(S(=O)(=O)N5CCC(CN)CC5)cc4c(N=O)c3c2)CC1. The average molecular weight is 591 g/mol. The highest BCUT2D eigenvalue weighted by Gasteiger charge is 2.31. The molecule has 0 spiro atoms. The van der Waals surface area contributed by atoms with E-state index in [0.29, 0.717) is 75.7 Å². The zero-order chi connectivity index (χ0) is 28.7. The van der Waals surface area contributed by atoms with E-state index in [1.807, 2.05) is 0 Å². The van der Waals surface area contributed by atoms with Crippen LogP contribution in [0.1, 0.15) is 25.7 Å². The molecule has 0 amide bonds. The van der Waals surface area contributed by atoms with Crippen LogP contribution in [0.15, 0.2) is 51.4 Å². The van der Waals surface area contributed by atoms with Crippen LogP contribution in [0.25, 0.3) is 21.5 Å². The highest BCUT2D eigenvalue weighted by Crippen LogP contribution is 2.43. The predicted octanol–water partition coefficient (Wildman–Crippen LogP) is 2.91. The van der Waals surface area contributed by atoms with Crippen LogP contribution in [-0.4, -0.2) is 69.9 Å². The van der Waals surface area contributed by atoms with Crippen molar-refractivity contribution in [2.75, 3.05) is 44.7 Å². The third-order valence-electron chi connectivity index (χ3n) is 8.32. The van der Waals surface area contributed by atoms with Crippen LogP contribution >= 0.6 is 0 Å². The molecule has 6 N–H and O–H groups in total. The molecule has 5 rings (SSSR count). The van der Waals surface area contributed by atoms with Crippen molar-refractivity contribution in [2.24, 2.45) is 28.5 Å². The van der Waals surface area contributed by atoms with Gasteiger partial charge in [0, 0.05) is 47.7 Å². The molecule has 0 bridgehead atoms. The van der Waals surface area contributed by atoms with Crippen LogP contribution < -0.4 is 16.9 Å². The van der Waals surface area contributed by atoms with Gasteiger partial charge in [0.25, 0.3) is 0 Å². The molecule has 3 aromatic carbocycles. The zero-order valence-electron chi connectivity index (χ0n) is 22.0. The number of nitrogens with two attached hydrogens (primary N) is 2. The van der Waals surface area contributed by atoms with Crippen LogP contribution in [0.2, 0.25) is 0 Å². The molecule has 0 radical (unpaired) electrons. The van der Waals surface area contributed by atoms with Crippen LogP contribution in [0.5, 0.6) is 0 Å². The van der Waals surface area contributed by atoms with Crippen molar-refractivity contribution in [1.29, 1.82) is 0 Å². The van der Waals surface area contributed by atoms with Gasteiger partial charge in [-0.2, -0.15) is 8.61 Å². The second-order valence-electron chi connectivity index (χ2n) is 10.5. The number of anilines is 1. The Morgan fingerprint density at radius 3 is 1.48 bits per heavy atom. The van der Waals surface area contributed by atoms with Gasteiger partial charge in [-0.25, -0.2) is 16.8 Å². The standard InChI is InChI=1S/C26H34N6O6S2/c27-15-17-5-9-31(10-6-17)39(35,36)19-1-3-21-23(13-19)26(30-34)24-14-20(2-4-22(24)25(21)29-33)40(37,38)32-11-7-18(16-28)8-12-32/h1-4,13-14,17-18,29,33H,5-12,15-16,27-28H2. The molecule has 2 aliphatic heterocycles. The Kier molecular flexibility index (Phi) is 8.12. The normalized spacial score (nSPS) is 18.9. The Morgan fingerprint density at radius 2 is 1.15 bits per heavy atom. The van der Waals surface area contributed by atoms with Gasteiger partial charge in [0.2, 0.25) is 20.0 Å². The molecule has 2 aliphatic rings. The third-order valence-corrected chi connectivity index (χ3v) is 12.1. The number of fused-ring (bicyclic) bond motifs is 2. The summed E-state index contributed by atoms with van der Waals surface area (Å²) in [6.45, 7) is 2.37. The number of benzene rings is 3. The van der Waals surface area contributed by atoms with Crippen molar-refractivity contribution >= 4 is 53.0 Å². The number of rotatable bonds is 8. The number of nitrogens with zero attached hydrogens (tertiary/aromatic N) is 3. The smallest absolute Gasteiger partial charge is 0.243 e. The minimum atomic E-state index is -3.88. The first-order valence-electron chi connectivity index (χ1n) is 13.3. The van der Waals surface area contributed by atoms with Gasteiger partial charge in [-0.3, -0.25) is 10.7 Å². The topological polar surface area (TPSA) is 188 Å².